The Morgan fingerprint density at radius 2 is 1.71 bits per heavy atom. The van der Waals surface area contributed by atoms with Gasteiger partial charge in [-0.2, -0.15) is 0 Å². The topological polar surface area (TPSA) is 67.9 Å². The van der Waals surface area contributed by atoms with E-state index in [0.717, 1.165) is 22.4 Å². The second kappa shape index (κ2) is 9.78. The largest absolute Gasteiger partial charge is 0.493 e. The Morgan fingerprint density at radius 1 is 1.00 bits per heavy atom. The van der Waals surface area contributed by atoms with E-state index in [4.69, 9.17) is 9.47 Å². The van der Waals surface area contributed by atoms with Crippen LogP contribution >= 0.6 is 0 Å². The van der Waals surface area contributed by atoms with Crippen molar-refractivity contribution in [2.24, 2.45) is 0 Å². The van der Waals surface area contributed by atoms with Gasteiger partial charge in [-0.05, 0) is 43.2 Å². The van der Waals surface area contributed by atoms with Gasteiger partial charge in [0.1, 0.15) is 0 Å². The Hall–Kier alpha value is -3.02. The zero-order valence-electron chi connectivity index (χ0n) is 17.2. The van der Waals surface area contributed by atoms with Crippen molar-refractivity contribution in [2.75, 3.05) is 32.2 Å². The summed E-state index contributed by atoms with van der Waals surface area (Å²) in [5.74, 6) is 1.04. The summed E-state index contributed by atoms with van der Waals surface area (Å²) in [6.07, 6.45) is 0.226. The third-order valence-corrected chi connectivity index (χ3v) is 4.49. The Kier molecular flexibility index (Phi) is 7.44. The van der Waals surface area contributed by atoms with Gasteiger partial charge in [0, 0.05) is 25.7 Å². The Morgan fingerprint density at radius 3 is 2.32 bits per heavy atom. The number of carbonyl (C=O) groups is 2. The number of nitrogens with zero attached hydrogens (tertiary/aromatic N) is 1. The molecular weight excluding hydrogens is 356 g/mol. The number of anilines is 1. The van der Waals surface area contributed by atoms with Crippen LogP contribution in [0.5, 0.6) is 11.5 Å². The first-order valence-electron chi connectivity index (χ1n) is 9.18. The number of hydrogen-bond donors (Lipinski definition) is 1. The molecule has 0 bridgehead atoms. The van der Waals surface area contributed by atoms with Crippen molar-refractivity contribution >= 4 is 17.5 Å². The monoisotopic (exact) mass is 384 g/mol. The molecule has 0 spiro atoms. The highest BCUT2D eigenvalue weighted by atomic mass is 16.5. The molecular formula is C22H28N2O4. The van der Waals surface area contributed by atoms with Gasteiger partial charge in [0.15, 0.2) is 11.5 Å². The van der Waals surface area contributed by atoms with E-state index in [2.05, 4.69) is 5.32 Å². The van der Waals surface area contributed by atoms with E-state index in [1.54, 1.807) is 31.3 Å². The van der Waals surface area contributed by atoms with E-state index >= 15 is 0 Å². The fourth-order valence-corrected chi connectivity index (χ4v) is 3.10. The predicted octanol–water partition coefficient (Wildman–Crippen LogP) is 3.03. The van der Waals surface area contributed by atoms with Gasteiger partial charge in [0.05, 0.1) is 20.6 Å². The molecule has 1 N–H and O–H groups in total. The van der Waals surface area contributed by atoms with Crippen molar-refractivity contribution in [3.05, 3.63) is 53.1 Å². The number of methoxy groups -OCH3 is 2. The number of amides is 2. The summed E-state index contributed by atoms with van der Waals surface area (Å²) >= 11 is 0. The van der Waals surface area contributed by atoms with Gasteiger partial charge in [-0.1, -0.05) is 23.8 Å². The van der Waals surface area contributed by atoms with Crippen LogP contribution in [0.3, 0.4) is 0 Å². The number of ether oxygens (including phenoxy) is 2. The molecule has 2 aromatic rings. The van der Waals surface area contributed by atoms with Crippen LogP contribution < -0.4 is 19.7 Å². The van der Waals surface area contributed by atoms with Crippen molar-refractivity contribution < 1.29 is 19.1 Å². The normalized spacial score (nSPS) is 10.3. The zero-order valence-corrected chi connectivity index (χ0v) is 17.2. The molecule has 0 saturated heterocycles. The lowest BCUT2D eigenvalue weighted by Crippen LogP contribution is -2.38. The highest BCUT2D eigenvalue weighted by molar-refractivity contribution is 5.92. The third-order valence-electron chi connectivity index (χ3n) is 4.49. The molecule has 2 rings (SSSR count). The molecule has 0 aliphatic heterocycles. The number of nitrogens with one attached hydrogen (secondary N) is 1. The van der Waals surface area contributed by atoms with Crippen molar-refractivity contribution in [1.82, 2.24) is 5.32 Å². The molecule has 0 unspecified atom stereocenters. The maximum Gasteiger partial charge on any atom is 0.224 e. The van der Waals surface area contributed by atoms with Gasteiger partial charge in [-0.3, -0.25) is 9.59 Å². The van der Waals surface area contributed by atoms with Crippen LogP contribution in [0, 0.1) is 13.8 Å². The van der Waals surface area contributed by atoms with Crippen LogP contribution in [-0.2, 0) is 16.0 Å². The smallest absolute Gasteiger partial charge is 0.224 e. The lowest BCUT2D eigenvalue weighted by Gasteiger charge is -2.23. The molecule has 6 nitrogen and oxygen atoms in total. The maximum absolute atomic E-state index is 12.3. The van der Waals surface area contributed by atoms with Gasteiger partial charge >= 0.3 is 0 Å². The Labute approximate surface area is 166 Å². The Bertz CT molecular complexity index is 848. The summed E-state index contributed by atoms with van der Waals surface area (Å²) in [5.41, 5.74) is 3.88. The third kappa shape index (κ3) is 5.49. The lowest BCUT2D eigenvalue weighted by molar-refractivity contribution is -0.121. The number of rotatable bonds is 8. The number of benzene rings is 2. The molecule has 0 heterocycles. The zero-order chi connectivity index (χ0) is 20.7. The molecule has 6 heteroatoms. The van der Waals surface area contributed by atoms with Crippen LogP contribution in [0.25, 0.3) is 0 Å². The molecule has 0 fully saturated rings. The number of carbonyl (C=O) groups excluding carboxylic acids is 2. The second-order valence-electron chi connectivity index (χ2n) is 6.68. The molecule has 2 aromatic carbocycles. The summed E-state index contributed by atoms with van der Waals surface area (Å²) in [4.78, 5) is 26.0. The molecule has 150 valence electrons. The number of hydrogen-bond acceptors (Lipinski definition) is 4. The summed E-state index contributed by atoms with van der Waals surface area (Å²) < 4.78 is 10.5. The SMILES string of the molecule is COc1ccc(CC(=O)NCCN(C(C)=O)c2ccc(C)cc2C)cc1OC. The number of aryl methyl sites for hydroxylation is 2. The van der Waals surface area contributed by atoms with Crippen LogP contribution in [0.2, 0.25) is 0 Å². The average molecular weight is 384 g/mol. The second-order valence-corrected chi connectivity index (χ2v) is 6.68. The van der Waals surface area contributed by atoms with E-state index in [1.165, 1.54) is 6.92 Å². The van der Waals surface area contributed by atoms with E-state index < -0.39 is 0 Å². The highest BCUT2D eigenvalue weighted by Crippen LogP contribution is 2.27. The first-order chi connectivity index (χ1) is 13.3. The minimum atomic E-state index is -0.114. The predicted molar refractivity (Wildman–Crippen MR) is 110 cm³/mol. The van der Waals surface area contributed by atoms with Crippen LogP contribution in [0.4, 0.5) is 5.69 Å². The molecule has 0 aliphatic carbocycles. The van der Waals surface area contributed by atoms with Gasteiger partial charge in [0.25, 0.3) is 0 Å². The highest BCUT2D eigenvalue weighted by Gasteiger charge is 2.14. The average Bonchev–Trinajstić information content (AvgIpc) is 2.65. The lowest BCUT2D eigenvalue weighted by atomic mass is 10.1. The molecule has 2 amide bonds. The summed E-state index contributed by atoms with van der Waals surface area (Å²) in [6.45, 7) is 6.32. The molecule has 0 radical (unpaired) electrons. The summed E-state index contributed by atoms with van der Waals surface area (Å²) in [5, 5.41) is 2.88. The van der Waals surface area contributed by atoms with Crippen molar-refractivity contribution in [2.45, 2.75) is 27.2 Å². The van der Waals surface area contributed by atoms with Gasteiger partial charge in [0.2, 0.25) is 11.8 Å². The van der Waals surface area contributed by atoms with Gasteiger partial charge in [-0.15, -0.1) is 0 Å². The van der Waals surface area contributed by atoms with E-state index in [9.17, 15) is 9.59 Å². The summed E-state index contributed by atoms with van der Waals surface area (Å²) in [6, 6.07) is 11.4. The van der Waals surface area contributed by atoms with Crippen molar-refractivity contribution in [3.8, 4) is 11.5 Å². The van der Waals surface area contributed by atoms with E-state index in [1.807, 2.05) is 38.1 Å². The Balaban J connectivity index is 1.95. The van der Waals surface area contributed by atoms with E-state index in [0.29, 0.717) is 24.6 Å². The summed E-state index contributed by atoms with van der Waals surface area (Å²) in [7, 11) is 3.13. The standard InChI is InChI=1S/C22H28N2O4/c1-15-6-8-19(16(2)12-15)24(17(3)25)11-10-23-22(26)14-18-7-9-20(27-4)21(13-18)28-5/h6-9,12-13H,10-11,14H2,1-5H3,(H,23,26). The molecule has 0 aromatic heterocycles. The van der Waals surface area contributed by atoms with Crippen LogP contribution in [0.1, 0.15) is 23.6 Å². The van der Waals surface area contributed by atoms with Crippen LogP contribution in [-0.4, -0.2) is 39.1 Å². The van der Waals surface area contributed by atoms with Crippen molar-refractivity contribution in [1.29, 1.82) is 0 Å². The fraction of sp³-hybridized carbons (Fsp3) is 0.364. The minimum absolute atomic E-state index is 0.0545. The van der Waals surface area contributed by atoms with Gasteiger partial charge in [-0.25, -0.2) is 0 Å². The molecule has 0 aliphatic rings. The molecule has 0 saturated carbocycles. The minimum Gasteiger partial charge on any atom is -0.493 e. The fourth-order valence-electron chi connectivity index (χ4n) is 3.10. The maximum atomic E-state index is 12.3. The molecule has 0 atom stereocenters. The quantitative estimate of drug-likeness (QED) is 0.760. The molecule has 28 heavy (non-hydrogen) atoms. The van der Waals surface area contributed by atoms with Gasteiger partial charge < -0.3 is 19.7 Å². The first-order valence-corrected chi connectivity index (χ1v) is 9.18. The van der Waals surface area contributed by atoms with Crippen LogP contribution in [0.15, 0.2) is 36.4 Å². The van der Waals surface area contributed by atoms with E-state index in [-0.39, 0.29) is 18.2 Å². The first kappa shape index (κ1) is 21.3. The van der Waals surface area contributed by atoms with Crippen molar-refractivity contribution in [3.63, 3.8) is 0 Å².